The molecule has 1 N–H and O–H groups in total. The van der Waals surface area contributed by atoms with Crippen LogP contribution in [0.3, 0.4) is 0 Å². The van der Waals surface area contributed by atoms with E-state index in [4.69, 9.17) is 9.84 Å². The fourth-order valence-corrected chi connectivity index (χ4v) is 2.91. The van der Waals surface area contributed by atoms with Crippen LogP contribution in [0.15, 0.2) is 48.5 Å². The number of rotatable bonds is 5. The Bertz CT molecular complexity index is 785. The molecule has 6 nitrogen and oxygen atoms in total. The van der Waals surface area contributed by atoms with Crippen LogP contribution in [0.4, 0.5) is 10.1 Å². The van der Waals surface area contributed by atoms with Gasteiger partial charge in [0.1, 0.15) is 5.82 Å². The van der Waals surface area contributed by atoms with Crippen molar-refractivity contribution in [1.29, 1.82) is 0 Å². The van der Waals surface area contributed by atoms with Crippen molar-refractivity contribution >= 4 is 17.6 Å². The predicted octanol–water partition coefficient (Wildman–Crippen LogP) is 1.82. The molecular formula is C20H21FN2O4. The Morgan fingerprint density at radius 2 is 1.59 bits per heavy atom. The number of esters is 1. The van der Waals surface area contributed by atoms with Gasteiger partial charge in [-0.3, -0.25) is 4.79 Å². The van der Waals surface area contributed by atoms with Gasteiger partial charge in [0, 0.05) is 31.9 Å². The zero-order chi connectivity index (χ0) is 19.2. The maximum Gasteiger partial charge on any atom is 0.338 e. The lowest BCUT2D eigenvalue weighted by molar-refractivity contribution is -0.134. The summed E-state index contributed by atoms with van der Waals surface area (Å²) in [6, 6.07) is 12.6. The van der Waals surface area contributed by atoms with Gasteiger partial charge in [-0.1, -0.05) is 12.1 Å². The van der Waals surface area contributed by atoms with Crippen molar-refractivity contribution in [2.45, 2.75) is 6.61 Å². The molecule has 0 aromatic heterocycles. The highest BCUT2D eigenvalue weighted by molar-refractivity contribution is 5.91. The maximum absolute atomic E-state index is 13.0. The van der Waals surface area contributed by atoms with Crippen LogP contribution in [-0.2, 0) is 16.1 Å². The number of nitrogens with zero attached hydrogens (tertiary/aromatic N) is 2. The quantitative estimate of drug-likeness (QED) is 0.811. The molecular weight excluding hydrogens is 351 g/mol. The highest BCUT2D eigenvalue weighted by Crippen LogP contribution is 2.17. The van der Waals surface area contributed by atoms with E-state index in [2.05, 4.69) is 4.90 Å². The SMILES string of the molecule is O=C(OCC(=O)N1CCN(c2ccc(F)cc2)CC1)c1ccc(CO)cc1. The van der Waals surface area contributed by atoms with E-state index in [1.807, 2.05) is 0 Å². The van der Waals surface area contributed by atoms with Crippen LogP contribution in [0.25, 0.3) is 0 Å². The van der Waals surface area contributed by atoms with Crippen molar-refractivity contribution < 1.29 is 23.8 Å². The van der Waals surface area contributed by atoms with Crippen LogP contribution in [0.2, 0.25) is 0 Å². The highest BCUT2D eigenvalue weighted by Gasteiger charge is 2.22. The molecule has 1 fully saturated rings. The minimum Gasteiger partial charge on any atom is -0.452 e. The van der Waals surface area contributed by atoms with Gasteiger partial charge in [-0.15, -0.1) is 0 Å². The molecule has 27 heavy (non-hydrogen) atoms. The largest absolute Gasteiger partial charge is 0.452 e. The lowest BCUT2D eigenvalue weighted by Gasteiger charge is -2.36. The molecule has 2 aromatic rings. The number of aliphatic hydroxyl groups excluding tert-OH is 1. The summed E-state index contributed by atoms with van der Waals surface area (Å²) in [5.74, 6) is -1.09. The van der Waals surface area contributed by atoms with E-state index >= 15 is 0 Å². The van der Waals surface area contributed by atoms with Gasteiger partial charge in [0.2, 0.25) is 0 Å². The molecule has 142 valence electrons. The number of carbonyl (C=O) groups excluding carboxylic acids is 2. The molecule has 0 atom stereocenters. The van der Waals surface area contributed by atoms with Crippen LogP contribution >= 0.6 is 0 Å². The third-order valence-corrected chi connectivity index (χ3v) is 4.52. The second-order valence-corrected chi connectivity index (χ2v) is 6.28. The van der Waals surface area contributed by atoms with Crippen molar-refractivity contribution in [2.75, 3.05) is 37.7 Å². The molecule has 1 amide bonds. The van der Waals surface area contributed by atoms with E-state index in [0.29, 0.717) is 37.3 Å². The summed E-state index contributed by atoms with van der Waals surface area (Å²) in [5.41, 5.74) is 1.95. The third-order valence-electron chi connectivity index (χ3n) is 4.52. The molecule has 2 aromatic carbocycles. The van der Waals surface area contributed by atoms with Crippen LogP contribution < -0.4 is 4.90 Å². The van der Waals surface area contributed by atoms with Crippen molar-refractivity contribution in [3.05, 3.63) is 65.5 Å². The molecule has 0 bridgehead atoms. The standard InChI is InChI=1S/C20H21FN2O4/c21-17-5-7-18(8-6-17)22-9-11-23(12-10-22)19(25)14-27-20(26)16-3-1-15(13-24)2-4-16/h1-8,24H,9-14H2. The molecule has 0 spiro atoms. The van der Waals surface area contributed by atoms with Crippen molar-refractivity contribution in [1.82, 2.24) is 4.90 Å². The number of amides is 1. The monoisotopic (exact) mass is 372 g/mol. The van der Waals surface area contributed by atoms with Crippen LogP contribution in [0.1, 0.15) is 15.9 Å². The Labute approximate surface area is 156 Å². The molecule has 1 aliphatic rings. The second-order valence-electron chi connectivity index (χ2n) is 6.28. The number of benzene rings is 2. The smallest absolute Gasteiger partial charge is 0.338 e. The number of anilines is 1. The summed E-state index contributed by atoms with van der Waals surface area (Å²) in [4.78, 5) is 28.0. The summed E-state index contributed by atoms with van der Waals surface area (Å²) < 4.78 is 18.1. The number of aliphatic hydroxyl groups is 1. The average molecular weight is 372 g/mol. The second kappa shape index (κ2) is 8.64. The number of halogens is 1. The summed E-state index contributed by atoms with van der Waals surface area (Å²) in [6.07, 6.45) is 0. The van der Waals surface area contributed by atoms with E-state index in [-0.39, 0.29) is 24.9 Å². The minimum atomic E-state index is -0.571. The topological polar surface area (TPSA) is 70.1 Å². The van der Waals surface area contributed by atoms with Gasteiger partial charge in [0.15, 0.2) is 6.61 Å². The number of ether oxygens (including phenoxy) is 1. The van der Waals surface area contributed by atoms with E-state index in [0.717, 1.165) is 5.69 Å². The number of carbonyl (C=O) groups is 2. The maximum atomic E-state index is 13.0. The molecule has 0 saturated carbocycles. The van der Waals surface area contributed by atoms with Gasteiger partial charge < -0.3 is 19.6 Å². The number of hydrogen-bond acceptors (Lipinski definition) is 5. The molecule has 0 radical (unpaired) electrons. The molecule has 3 rings (SSSR count). The highest BCUT2D eigenvalue weighted by atomic mass is 19.1. The van der Waals surface area contributed by atoms with Crippen LogP contribution in [-0.4, -0.2) is 54.7 Å². The van der Waals surface area contributed by atoms with Crippen LogP contribution in [0, 0.1) is 5.82 Å². The number of piperazine rings is 1. The number of hydrogen-bond donors (Lipinski definition) is 1. The zero-order valence-electron chi connectivity index (χ0n) is 14.8. The van der Waals surface area contributed by atoms with Gasteiger partial charge in [0.25, 0.3) is 5.91 Å². The first-order valence-electron chi connectivity index (χ1n) is 8.72. The lowest BCUT2D eigenvalue weighted by Crippen LogP contribution is -2.49. The fourth-order valence-electron chi connectivity index (χ4n) is 2.91. The minimum absolute atomic E-state index is 0.0995. The Morgan fingerprint density at radius 1 is 0.963 bits per heavy atom. The average Bonchev–Trinajstić information content (AvgIpc) is 2.72. The van der Waals surface area contributed by atoms with Crippen molar-refractivity contribution in [2.24, 2.45) is 0 Å². The predicted molar refractivity (Wildman–Crippen MR) is 97.8 cm³/mol. The van der Waals surface area contributed by atoms with Crippen molar-refractivity contribution in [3.63, 3.8) is 0 Å². The van der Waals surface area contributed by atoms with Gasteiger partial charge in [-0.2, -0.15) is 0 Å². The third kappa shape index (κ3) is 4.83. The molecule has 1 aliphatic heterocycles. The Hall–Kier alpha value is -2.93. The molecule has 1 heterocycles. The normalized spacial score (nSPS) is 14.1. The summed E-state index contributed by atoms with van der Waals surface area (Å²) in [7, 11) is 0. The summed E-state index contributed by atoms with van der Waals surface area (Å²) >= 11 is 0. The van der Waals surface area contributed by atoms with Crippen LogP contribution in [0.5, 0.6) is 0 Å². The van der Waals surface area contributed by atoms with E-state index in [9.17, 15) is 14.0 Å². The van der Waals surface area contributed by atoms with Crippen molar-refractivity contribution in [3.8, 4) is 0 Å². The first-order chi connectivity index (χ1) is 13.1. The van der Waals surface area contributed by atoms with Gasteiger partial charge >= 0.3 is 5.97 Å². The Kier molecular flexibility index (Phi) is 6.03. The summed E-state index contributed by atoms with van der Waals surface area (Å²) in [6.45, 7) is 1.88. The summed E-state index contributed by atoms with van der Waals surface area (Å²) in [5, 5.41) is 9.00. The first kappa shape index (κ1) is 18.8. The van der Waals surface area contributed by atoms with E-state index < -0.39 is 5.97 Å². The van der Waals surface area contributed by atoms with Gasteiger partial charge in [-0.25, -0.2) is 9.18 Å². The molecule has 0 aliphatic carbocycles. The van der Waals surface area contributed by atoms with E-state index in [1.165, 1.54) is 12.1 Å². The van der Waals surface area contributed by atoms with Gasteiger partial charge in [0.05, 0.1) is 12.2 Å². The Balaban J connectivity index is 1.46. The fraction of sp³-hybridized carbons (Fsp3) is 0.300. The zero-order valence-corrected chi connectivity index (χ0v) is 14.8. The molecule has 0 unspecified atom stereocenters. The molecule has 1 saturated heterocycles. The first-order valence-corrected chi connectivity index (χ1v) is 8.72. The van der Waals surface area contributed by atoms with Gasteiger partial charge in [-0.05, 0) is 42.0 Å². The van der Waals surface area contributed by atoms with E-state index in [1.54, 1.807) is 41.3 Å². The Morgan fingerprint density at radius 3 is 2.19 bits per heavy atom. The lowest BCUT2D eigenvalue weighted by atomic mass is 10.1. The molecule has 7 heteroatoms.